The number of hydrogen-bond donors (Lipinski definition) is 1. The van der Waals surface area contributed by atoms with E-state index in [1.165, 1.54) is 12.1 Å². The number of anilines is 1. The predicted molar refractivity (Wildman–Crippen MR) is 95.0 cm³/mol. The number of aryl methyl sites for hydroxylation is 1. The van der Waals surface area contributed by atoms with Crippen LogP contribution in [0.4, 0.5) is 11.6 Å². The summed E-state index contributed by atoms with van der Waals surface area (Å²) in [4.78, 5) is 22.8. The Balaban J connectivity index is 2.28. The zero-order chi connectivity index (χ0) is 18.4. The molecular weight excluding hydrogens is 324 g/mol. The topological polar surface area (TPSA) is 98.5 Å². The molecule has 0 unspecified atom stereocenters. The number of hydrogen-bond acceptors (Lipinski definition) is 6. The van der Waals surface area contributed by atoms with Crippen LogP contribution in [0.1, 0.15) is 26.5 Å². The fraction of sp³-hybridized carbons (Fsp3) is 0.278. The van der Waals surface area contributed by atoms with Gasteiger partial charge in [-0.2, -0.15) is 0 Å². The summed E-state index contributed by atoms with van der Waals surface area (Å²) in [5, 5.41) is 14.4. The molecule has 3 aromatic rings. The van der Waals surface area contributed by atoms with Crippen LogP contribution in [0.5, 0.6) is 0 Å². The Labute approximate surface area is 143 Å². The molecule has 2 heterocycles. The average molecular weight is 342 g/mol. The van der Waals surface area contributed by atoms with Gasteiger partial charge in [-0.25, -0.2) is 4.79 Å². The second kappa shape index (κ2) is 5.77. The maximum absolute atomic E-state index is 12.4. The lowest BCUT2D eigenvalue weighted by Crippen LogP contribution is -2.26. The summed E-state index contributed by atoms with van der Waals surface area (Å²) in [5.74, 6) is 0.873. The minimum Gasteiger partial charge on any atom is -0.440 e. The first-order valence-electron chi connectivity index (χ1n) is 7.76. The third-order valence-electron chi connectivity index (χ3n) is 3.58. The molecular formula is C18H18N2O5. The third-order valence-corrected chi connectivity index (χ3v) is 3.58. The lowest BCUT2D eigenvalue weighted by molar-refractivity contribution is -0.384. The molecule has 0 fully saturated rings. The number of furan rings is 1. The number of benzene rings is 1. The molecule has 0 aliphatic rings. The van der Waals surface area contributed by atoms with E-state index in [1.54, 1.807) is 25.1 Å². The smallest absolute Gasteiger partial charge is 0.347 e. The Morgan fingerprint density at radius 2 is 1.76 bits per heavy atom. The number of fused-ring (bicyclic) bond motifs is 1. The highest BCUT2D eigenvalue weighted by molar-refractivity contribution is 5.99. The Hall–Kier alpha value is -3.09. The third kappa shape index (κ3) is 3.26. The molecule has 0 atom stereocenters. The highest BCUT2D eigenvalue weighted by Gasteiger charge is 2.24. The van der Waals surface area contributed by atoms with Gasteiger partial charge in [-0.3, -0.25) is 10.1 Å². The molecule has 0 radical (unpaired) electrons. The van der Waals surface area contributed by atoms with E-state index in [0.29, 0.717) is 33.7 Å². The van der Waals surface area contributed by atoms with Crippen LogP contribution in [0, 0.1) is 17.0 Å². The van der Waals surface area contributed by atoms with Crippen molar-refractivity contribution in [1.82, 2.24) is 0 Å². The minimum atomic E-state index is -0.505. The fourth-order valence-electron chi connectivity index (χ4n) is 2.62. The van der Waals surface area contributed by atoms with Crippen LogP contribution in [-0.4, -0.2) is 10.5 Å². The summed E-state index contributed by atoms with van der Waals surface area (Å²) in [6, 6.07) is 7.63. The zero-order valence-corrected chi connectivity index (χ0v) is 14.4. The van der Waals surface area contributed by atoms with Crippen molar-refractivity contribution in [2.24, 2.45) is 0 Å². The van der Waals surface area contributed by atoms with Crippen molar-refractivity contribution in [2.75, 3.05) is 5.32 Å². The van der Waals surface area contributed by atoms with Crippen LogP contribution >= 0.6 is 0 Å². The normalized spacial score (nSPS) is 11.7. The monoisotopic (exact) mass is 342 g/mol. The maximum Gasteiger partial charge on any atom is 0.347 e. The van der Waals surface area contributed by atoms with Crippen molar-refractivity contribution in [3.63, 3.8) is 0 Å². The lowest BCUT2D eigenvalue weighted by Gasteiger charge is -2.20. The number of rotatable bonds is 3. The number of nitrogens with zero attached hydrogens (tertiary/aromatic N) is 1. The van der Waals surface area contributed by atoms with Gasteiger partial charge in [0.2, 0.25) is 5.88 Å². The van der Waals surface area contributed by atoms with Gasteiger partial charge in [0.05, 0.1) is 10.5 Å². The Morgan fingerprint density at radius 3 is 2.32 bits per heavy atom. The number of nitro groups is 1. The van der Waals surface area contributed by atoms with E-state index in [9.17, 15) is 14.9 Å². The molecule has 0 amide bonds. The first kappa shape index (κ1) is 16.8. The average Bonchev–Trinajstić information content (AvgIpc) is 2.83. The molecule has 0 spiro atoms. The highest BCUT2D eigenvalue weighted by atomic mass is 16.6. The van der Waals surface area contributed by atoms with Gasteiger partial charge >= 0.3 is 5.63 Å². The van der Waals surface area contributed by atoms with Gasteiger partial charge in [0.1, 0.15) is 16.7 Å². The largest absolute Gasteiger partial charge is 0.440 e. The van der Waals surface area contributed by atoms with Crippen LogP contribution in [0.2, 0.25) is 0 Å². The van der Waals surface area contributed by atoms with E-state index in [2.05, 4.69) is 5.32 Å². The van der Waals surface area contributed by atoms with Crippen LogP contribution in [0.25, 0.3) is 22.1 Å². The standard InChI is InChI=1S/C18H18N2O5/c1-10-9-13-15(17(21)24-10)14(16(25-13)19-18(2,3)4)11-5-7-12(8-6-11)20(22)23/h5-9,19H,1-4H3. The second-order valence-electron chi connectivity index (χ2n) is 6.87. The quantitative estimate of drug-likeness (QED) is 0.556. The maximum atomic E-state index is 12.4. The van der Waals surface area contributed by atoms with Gasteiger partial charge in [-0.1, -0.05) is 0 Å². The SMILES string of the molecule is Cc1cc2oc(NC(C)(C)C)c(-c3ccc([N+](=O)[O-])cc3)c2c(=O)o1. The number of nitrogens with one attached hydrogen (secondary N) is 1. The summed E-state index contributed by atoms with van der Waals surface area (Å²) in [6.45, 7) is 7.57. The summed E-state index contributed by atoms with van der Waals surface area (Å²) in [5.41, 5.74) is 0.743. The van der Waals surface area contributed by atoms with E-state index in [-0.39, 0.29) is 11.2 Å². The number of nitro benzene ring substituents is 1. The van der Waals surface area contributed by atoms with Crippen molar-refractivity contribution in [1.29, 1.82) is 0 Å². The molecule has 130 valence electrons. The molecule has 0 saturated carbocycles. The van der Waals surface area contributed by atoms with E-state index in [4.69, 9.17) is 8.83 Å². The Kier molecular flexibility index (Phi) is 3.87. The molecule has 0 aliphatic heterocycles. The lowest BCUT2D eigenvalue weighted by atomic mass is 10.0. The highest BCUT2D eigenvalue weighted by Crippen LogP contribution is 2.38. The molecule has 7 nitrogen and oxygen atoms in total. The molecule has 2 aromatic heterocycles. The van der Waals surface area contributed by atoms with Crippen molar-refractivity contribution in [3.05, 3.63) is 56.6 Å². The summed E-state index contributed by atoms with van der Waals surface area (Å²) < 4.78 is 11.1. The van der Waals surface area contributed by atoms with Gasteiger partial charge < -0.3 is 14.2 Å². The van der Waals surface area contributed by atoms with Gasteiger partial charge in [0, 0.05) is 23.7 Å². The van der Waals surface area contributed by atoms with Gasteiger partial charge in [-0.15, -0.1) is 0 Å². The van der Waals surface area contributed by atoms with Crippen LogP contribution in [0.15, 0.2) is 44.0 Å². The molecule has 25 heavy (non-hydrogen) atoms. The number of non-ortho nitro benzene ring substituents is 1. The van der Waals surface area contributed by atoms with Crippen molar-refractivity contribution < 1.29 is 13.8 Å². The van der Waals surface area contributed by atoms with E-state index in [1.807, 2.05) is 20.8 Å². The van der Waals surface area contributed by atoms with Crippen molar-refractivity contribution in [3.8, 4) is 11.1 Å². The first-order chi connectivity index (χ1) is 11.7. The van der Waals surface area contributed by atoms with E-state index < -0.39 is 10.5 Å². The van der Waals surface area contributed by atoms with Gasteiger partial charge in [0.25, 0.3) is 5.69 Å². The van der Waals surface area contributed by atoms with Crippen LogP contribution < -0.4 is 10.9 Å². The second-order valence-corrected chi connectivity index (χ2v) is 6.87. The molecule has 0 saturated heterocycles. The molecule has 3 rings (SSSR count). The van der Waals surface area contributed by atoms with Gasteiger partial charge in [-0.05, 0) is 45.4 Å². The summed E-state index contributed by atoms with van der Waals surface area (Å²) in [7, 11) is 0. The molecule has 0 aliphatic carbocycles. The fourth-order valence-corrected chi connectivity index (χ4v) is 2.62. The van der Waals surface area contributed by atoms with Crippen LogP contribution in [0.3, 0.4) is 0 Å². The van der Waals surface area contributed by atoms with E-state index >= 15 is 0 Å². The van der Waals surface area contributed by atoms with Crippen molar-refractivity contribution in [2.45, 2.75) is 33.2 Å². The Morgan fingerprint density at radius 1 is 1.12 bits per heavy atom. The predicted octanol–water partition coefficient (Wildman–Crippen LogP) is 4.48. The first-order valence-corrected chi connectivity index (χ1v) is 7.76. The molecule has 1 N–H and O–H groups in total. The summed E-state index contributed by atoms with van der Waals surface area (Å²) >= 11 is 0. The molecule has 7 heteroatoms. The van der Waals surface area contributed by atoms with E-state index in [0.717, 1.165) is 0 Å². The van der Waals surface area contributed by atoms with Crippen LogP contribution in [-0.2, 0) is 0 Å². The van der Waals surface area contributed by atoms with Crippen molar-refractivity contribution >= 4 is 22.5 Å². The molecule has 1 aromatic carbocycles. The molecule has 0 bridgehead atoms. The zero-order valence-electron chi connectivity index (χ0n) is 14.4. The summed E-state index contributed by atoms with van der Waals surface area (Å²) in [6.07, 6.45) is 0. The minimum absolute atomic E-state index is 0.0234. The Bertz CT molecular complexity index is 1010. The van der Waals surface area contributed by atoms with Gasteiger partial charge in [0.15, 0.2) is 0 Å².